The van der Waals surface area contributed by atoms with Crippen molar-refractivity contribution >= 4 is 28.5 Å². The third-order valence-corrected chi connectivity index (χ3v) is 3.61. The Morgan fingerprint density at radius 2 is 2.21 bits per heavy atom. The number of carbonyl (C=O) groups excluding carboxylic acids is 1. The predicted molar refractivity (Wildman–Crippen MR) is 87.7 cm³/mol. The molecule has 1 amide bonds. The number of nitrogens with zero attached hydrogens (tertiary/aromatic N) is 1. The van der Waals surface area contributed by atoms with Crippen LogP contribution in [0.4, 0.5) is 5.69 Å². The molecule has 8 heteroatoms. The molecule has 0 bridgehead atoms. The summed E-state index contributed by atoms with van der Waals surface area (Å²) in [5, 5.41) is 23.0. The van der Waals surface area contributed by atoms with Crippen molar-refractivity contribution in [2.75, 3.05) is 0 Å². The summed E-state index contributed by atoms with van der Waals surface area (Å²) in [6, 6.07) is 3.34. The van der Waals surface area contributed by atoms with Gasteiger partial charge in [0, 0.05) is 29.2 Å². The number of nitro groups is 1. The van der Waals surface area contributed by atoms with E-state index in [0.29, 0.717) is 22.9 Å². The van der Waals surface area contributed by atoms with Crippen LogP contribution < -0.4 is 5.32 Å². The second-order valence-corrected chi connectivity index (χ2v) is 5.30. The number of aliphatic carboxylic acids is 1. The molecule has 8 nitrogen and oxygen atoms in total. The average molecular weight is 331 g/mol. The van der Waals surface area contributed by atoms with E-state index in [4.69, 9.17) is 5.11 Å². The smallest absolute Gasteiger partial charge is 0.326 e. The Morgan fingerprint density at radius 1 is 1.46 bits per heavy atom. The number of allylic oxidation sites excluding steroid dienone is 1. The van der Waals surface area contributed by atoms with Gasteiger partial charge in [0.25, 0.3) is 5.69 Å². The van der Waals surface area contributed by atoms with Gasteiger partial charge in [-0.1, -0.05) is 6.08 Å². The highest BCUT2D eigenvalue weighted by molar-refractivity contribution is 5.91. The summed E-state index contributed by atoms with van der Waals surface area (Å²) in [5.41, 5.74) is 1.17. The molecule has 3 N–H and O–H groups in total. The van der Waals surface area contributed by atoms with Crippen molar-refractivity contribution in [2.45, 2.75) is 25.3 Å². The number of nitrogens with one attached hydrogen (secondary N) is 2. The minimum atomic E-state index is -1.11. The zero-order chi connectivity index (χ0) is 17.7. The molecule has 1 aromatic heterocycles. The third-order valence-electron chi connectivity index (χ3n) is 3.61. The maximum absolute atomic E-state index is 12.1. The summed E-state index contributed by atoms with van der Waals surface area (Å²) in [7, 11) is 0. The molecule has 2 rings (SSSR count). The van der Waals surface area contributed by atoms with Gasteiger partial charge in [0.1, 0.15) is 6.04 Å². The number of nitro benzene ring substituents is 1. The normalized spacial score (nSPS) is 11.8. The third kappa shape index (κ3) is 3.97. The molecular weight excluding hydrogens is 314 g/mol. The lowest BCUT2D eigenvalue weighted by atomic mass is 10.1. The molecule has 2 aromatic rings. The average Bonchev–Trinajstić information content (AvgIpc) is 2.93. The Labute approximate surface area is 137 Å². The van der Waals surface area contributed by atoms with Crippen LogP contribution in [-0.2, 0) is 16.0 Å². The molecule has 0 radical (unpaired) electrons. The molecule has 1 atom stereocenters. The molecule has 0 aliphatic rings. The first-order valence-corrected chi connectivity index (χ1v) is 7.30. The summed E-state index contributed by atoms with van der Waals surface area (Å²) in [4.78, 5) is 36.5. The fourth-order valence-corrected chi connectivity index (χ4v) is 2.39. The van der Waals surface area contributed by atoms with Crippen LogP contribution in [0.15, 0.2) is 37.1 Å². The molecular formula is C16H17N3O5. The topological polar surface area (TPSA) is 125 Å². The number of aromatic amines is 1. The second-order valence-electron chi connectivity index (χ2n) is 5.30. The highest BCUT2D eigenvalue weighted by Crippen LogP contribution is 2.24. The molecule has 0 aliphatic heterocycles. The largest absolute Gasteiger partial charge is 0.480 e. The van der Waals surface area contributed by atoms with Crippen LogP contribution in [0.2, 0.25) is 0 Å². The lowest BCUT2D eigenvalue weighted by Gasteiger charge is -2.13. The number of amides is 1. The number of hydrogen-bond donors (Lipinski definition) is 3. The SMILES string of the molecule is C=CCCC(NC(=O)Cc1c[nH]c2ccc([N+](=O)[O-])cc12)C(=O)O. The summed E-state index contributed by atoms with van der Waals surface area (Å²) in [6.07, 6.45) is 3.83. The Morgan fingerprint density at radius 3 is 2.83 bits per heavy atom. The Balaban J connectivity index is 2.14. The van der Waals surface area contributed by atoms with Gasteiger partial charge in [0.15, 0.2) is 0 Å². The number of carboxylic acids is 1. The maximum Gasteiger partial charge on any atom is 0.326 e. The van der Waals surface area contributed by atoms with Crippen LogP contribution in [0, 0.1) is 10.1 Å². The van der Waals surface area contributed by atoms with E-state index in [0.717, 1.165) is 0 Å². The van der Waals surface area contributed by atoms with E-state index in [1.165, 1.54) is 12.1 Å². The van der Waals surface area contributed by atoms with Crippen molar-refractivity contribution in [1.82, 2.24) is 10.3 Å². The second kappa shape index (κ2) is 7.40. The number of rotatable bonds is 8. The highest BCUT2D eigenvalue weighted by atomic mass is 16.6. The van der Waals surface area contributed by atoms with Gasteiger partial charge in [-0.3, -0.25) is 14.9 Å². The van der Waals surface area contributed by atoms with Crippen LogP contribution in [-0.4, -0.2) is 32.9 Å². The minimum absolute atomic E-state index is 0.0704. The monoisotopic (exact) mass is 331 g/mol. The summed E-state index contributed by atoms with van der Waals surface area (Å²) < 4.78 is 0. The quantitative estimate of drug-likeness (QED) is 0.388. The number of carbonyl (C=O) groups is 2. The molecule has 0 spiro atoms. The number of carboxylic acid groups (broad SMARTS) is 1. The van der Waals surface area contributed by atoms with Gasteiger partial charge in [0.2, 0.25) is 5.91 Å². The molecule has 0 saturated heterocycles. The van der Waals surface area contributed by atoms with Crippen molar-refractivity contribution in [2.24, 2.45) is 0 Å². The fourth-order valence-electron chi connectivity index (χ4n) is 2.39. The summed E-state index contributed by atoms with van der Waals surface area (Å²) in [5.74, 6) is -1.57. The lowest BCUT2D eigenvalue weighted by molar-refractivity contribution is -0.384. The van der Waals surface area contributed by atoms with E-state index >= 15 is 0 Å². The van der Waals surface area contributed by atoms with Gasteiger partial charge in [-0.15, -0.1) is 6.58 Å². The first-order chi connectivity index (χ1) is 11.4. The number of hydrogen-bond acceptors (Lipinski definition) is 4. The van der Waals surface area contributed by atoms with Crippen molar-refractivity contribution < 1.29 is 19.6 Å². The van der Waals surface area contributed by atoms with Crippen LogP contribution in [0.1, 0.15) is 18.4 Å². The molecule has 126 valence electrons. The van der Waals surface area contributed by atoms with E-state index in [1.807, 2.05) is 0 Å². The van der Waals surface area contributed by atoms with Gasteiger partial charge in [-0.2, -0.15) is 0 Å². The van der Waals surface area contributed by atoms with Crippen LogP contribution in [0.25, 0.3) is 10.9 Å². The van der Waals surface area contributed by atoms with E-state index in [9.17, 15) is 19.7 Å². The molecule has 0 aliphatic carbocycles. The number of fused-ring (bicyclic) bond motifs is 1. The molecule has 1 heterocycles. The van der Waals surface area contributed by atoms with Crippen molar-refractivity contribution in [1.29, 1.82) is 0 Å². The summed E-state index contributed by atoms with van der Waals surface area (Å²) >= 11 is 0. The molecule has 1 unspecified atom stereocenters. The van der Waals surface area contributed by atoms with Gasteiger partial charge < -0.3 is 15.4 Å². The standard InChI is InChI=1S/C16H17N3O5/c1-2-3-4-14(16(21)22)18-15(20)7-10-9-17-13-6-5-11(19(23)24)8-12(10)13/h2,5-6,8-9,14,17H,1,3-4,7H2,(H,18,20)(H,21,22). The van der Waals surface area contributed by atoms with Gasteiger partial charge in [-0.25, -0.2) is 4.79 Å². The van der Waals surface area contributed by atoms with Crippen molar-refractivity contribution in [3.05, 3.63) is 52.7 Å². The molecule has 24 heavy (non-hydrogen) atoms. The first-order valence-electron chi connectivity index (χ1n) is 7.30. The Bertz CT molecular complexity index is 796. The van der Waals surface area contributed by atoms with Crippen LogP contribution >= 0.6 is 0 Å². The van der Waals surface area contributed by atoms with E-state index in [1.54, 1.807) is 18.3 Å². The van der Waals surface area contributed by atoms with Gasteiger partial charge in [0.05, 0.1) is 11.3 Å². The van der Waals surface area contributed by atoms with Crippen molar-refractivity contribution in [3.63, 3.8) is 0 Å². The zero-order valence-corrected chi connectivity index (χ0v) is 12.8. The van der Waals surface area contributed by atoms with E-state index in [2.05, 4.69) is 16.9 Å². The number of non-ortho nitro benzene ring substituents is 1. The van der Waals surface area contributed by atoms with Crippen LogP contribution in [0.5, 0.6) is 0 Å². The van der Waals surface area contributed by atoms with Gasteiger partial charge in [-0.05, 0) is 24.5 Å². The van der Waals surface area contributed by atoms with E-state index in [-0.39, 0.29) is 18.5 Å². The number of H-pyrrole nitrogens is 1. The fraction of sp³-hybridized carbons (Fsp3) is 0.250. The van der Waals surface area contributed by atoms with Crippen LogP contribution in [0.3, 0.4) is 0 Å². The predicted octanol–water partition coefficient (Wildman–Crippen LogP) is 2.15. The minimum Gasteiger partial charge on any atom is -0.480 e. The molecule has 0 fully saturated rings. The lowest BCUT2D eigenvalue weighted by Crippen LogP contribution is -2.41. The highest BCUT2D eigenvalue weighted by Gasteiger charge is 2.20. The molecule has 1 aromatic carbocycles. The van der Waals surface area contributed by atoms with Gasteiger partial charge >= 0.3 is 5.97 Å². The molecule has 0 saturated carbocycles. The summed E-state index contributed by atoms with van der Waals surface area (Å²) in [6.45, 7) is 3.52. The Kier molecular flexibility index (Phi) is 5.31. The maximum atomic E-state index is 12.1. The van der Waals surface area contributed by atoms with Crippen molar-refractivity contribution in [3.8, 4) is 0 Å². The number of aromatic nitrogens is 1. The zero-order valence-electron chi connectivity index (χ0n) is 12.8. The Hall–Kier alpha value is -3.16. The van der Waals surface area contributed by atoms with E-state index < -0.39 is 22.8 Å². The first kappa shape index (κ1) is 17.2. The number of benzene rings is 1.